The molecule has 0 bridgehead atoms. The smallest absolute Gasteiger partial charge is 0.166 e. The number of aromatic nitrogens is 2. The van der Waals surface area contributed by atoms with Gasteiger partial charge >= 0.3 is 0 Å². The normalized spacial score (nSPS) is 22.5. The first-order valence-corrected chi connectivity index (χ1v) is 10.2. The predicted octanol–water partition coefficient (Wildman–Crippen LogP) is 2.35. The Bertz CT molecular complexity index is 884. The van der Waals surface area contributed by atoms with E-state index in [0.29, 0.717) is 19.3 Å². The van der Waals surface area contributed by atoms with Crippen LogP contribution in [0.1, 0.15) is 52.6 Å². The lowest BCUT2D eigenvalue weighted by Crippen LogP contribution is -2.18. The Hall–Kier alpha value is -1.95. The maximum absolute atomic E-state index is 12.5. The minimum atomic E-state index is -2.98. The van der Waals surface area contributed by atoms with Crippen LogP contribution in [-0.4, -0.2) is 35.5 Å². The topological polar surface area (TPSA) is 69.0 Å². The minimum Gasteiger partial charge on any atom is -0.294 e. The Morgan fingerprint density at radius 2 is 1.96 bits per heavy atom. The molecular formula is C18H20N2O3S. The van der Waals surface area contributed by atoms with Gasteiger partial charge < -0.3 is 0 Å². The molecule has 5 nitrogen and oxygen atoms in total. The maximum atomic E-state index is 12.5. The van der Waals surface area contributed by atoms with E-state index in [1.165, 1.54) is 0 Å². The van der Waals surface area contributed by atoms with Crippen LogP contribution in [0.25, 0.3) is 0 Å². The van der Waals surface area contributed by atoms with Crippen molar-refractivity contribution in [3.05, 3.63) is 52.8 Å². The Kier molecular flexibility index (Phi) is 3.79. The van der Waals surface area contributed by atoms with Gasteiger partial charge in [0.15, 0.2) is 15.6 Å². The van der Waals surface area contributed by atoms with Crippen molar-refractivity contribution in [3.63, 3.8) is 0 Å². The molecule has 4 rings (SSSR count). The van der Waals surface area contributed by atoms with Crippen LogP contribution in [-0.2, 0) is 22.7 Å². The van der Waals surface area contributed by atoms with Crippen LogP contribution in [0.2, 0.25) is 0 Å². The second-order valence-corrected chi connectivity index (χ2v) is 8.94. The van der Waals surface area contributed by atoms with E-state index in [9.17, 15) is 13.2 Å². The molecule has 2 aliphatic rings. The van der Waals surface area contributed by atoms with Gasteiger partial charge in [-0.3, -0.25) is 9.48 Å². The molecule has 1 unspecified atom stereocenters. The quantitative estimate of drug-likeness (QED) is 0.857. The zero-order valence-electron chi connectivity index (χ0n) is 13.4. The second-order valence-electron chi connectivity index (χ2n) is 6.71. The van der Waals surface area contributed by atoms with Crippen molar-refractivity contribution >= 4 is 15.6 Å². The van der Waals surface area contributed by atoms with Gasteiger partial charge in [0.1, 0.15) is 0 Å². The molecule has 6 heteroatoms. The van der Waals surface area contributed by atoms with Crippen LogP contribution in [0.15, 0.2) is 30.3 Å². The first-order chi connectivity index (χ1) is 11.5. The van der Waals surface area contributed by atoms with Crippen molar-refractivity contribution in [3.8, 4) is 0 Å². The molecule has 1 atom stereocenters. The number of nitrogens with zero attached hydrogens (tertiary/aromatic N) is 2. The molecule has 0 saturated carbocycles. The number of ketones is 1. The van der Waals surface area contributed by atoms with Gasteiger partial charge in [0.2, 0.25) is 0 Å². The summed E-state index contributed by atoms with van der Waals surface area (Å²) in [5.41, 5.74) is 3.60. The number of rotatable bonds is 3. The van der Waals surface area contributed by atoms with Gasteiger partial charge in [-0.25, -0.2) is 8.42 Å². The van der Waals surface area contributed by atoms with Crippen molar-refractivity contribution in [2.75, 3.05) is 11.5 Å². The first kappa shape index (κ1) is 15.6. The number of Topliss-reactive ketones (excluding diaryl/α,β-unsaturated/α-hetero) is 1. The van der Waals surface area contributed by atoms with Gasteiger partial charge in [-0.05, 0) is 24.8 Å². The zero-order chi connectivity index (χ0) is 16.7. The third-order valence-electron chi connectivity index (χ3n) is 4.95. The van der Waals surface area contributed by atoms with Crippen LogP contribution < -0.4 is 0 Å². The molecule has 1 fully saturated rings. The lowest BCUT2D eigenvalue weighted by atomic mass is 9.92. The lowest BCUT2D eigenvalue weighted by molar-refractivity contribution is 0.0971. The average Bonchev–Trinajstić information content (AvgIpc) is 3.10. The highest BCUT2D eigenvalue weighted by molar-refractivity contribution is 7.91. The monoisotopic (exact) mass is 344 g/mol. The first-order valence-electron chi connectivity index (χ1n) is 8.41. The number of sulfone groups is 1. The molecule has 1 aliphatic carbocycles. The predicted molar refractivity (Wildman–Crippen MR) is 91.1 cm³/mol. The number of carbonyl (C=O) groups excluding carboxylic acids is 1. The Balaban J connectivity index is 1.76. The molecular weight excluding hydrogens is 324 g/mol. The summed E-state index contributed by atoms with van der Waals surface area (Å²) < 4.78 is 25.5. The third-order valence-corrected chi connectivity index (χ3v) is 6.70. The highest BCUT2D eigenvalue weighted by Crippen LogP contribution is 2.32. The van der Waals surface area contributed by atoms with Gasteiger partial charge in [-0.1, -0.05) is 30.3 Å². The largest absolute Gasteiger partial charge is 0.294 e. The van der Waals surface area contributed by atoms with E-state index in [-0.39, 0.29) is 23.3 Å². The fourth-order valence-electron chi connectivity index (χ4n) is 3.81. The summed E-state index contributed by atoms with van der Waals surface area (Å²) in [5.74, 6) is 0.503. The average molecular weight is 344 g/mol. The molecule has 1 saturated heterocycles. The molecule has 2 aromatic rings. The van der Waals surface area contributed by atoms with Gasteiger partial charge in [0, 0.05) is 18.5 Å². The summed E-state index contributed by atoms with van der Waals surface area (Å²) in [5, 5.41) is 4.72. The summed E-state index contributed by atoms with van der Waals surface area (Å²) >= 11 is 0. The van der Waals surface area contributed by atoms with E-state index in [0.717, 1.165) is 35.4 Å². The molecule has 2 heterocycles. The number of fused-ring (bicyclic) bond motifs is 1. The van der Waals surface area contributed by atoms with E-state index >= 15 is 0 Å². The molecule has 1 aromatic heterocycles. The Morgan fingerprint density at radius 1 is 1.17 bits per heavy atom. The third kappa shape index (κ3) is 2.79. The van der Waals surface area contributed by atoms with Crippen molar-refractivity contribution in [1.82, 2.24) is 9.78 Å². The van der Waals surface area contributed by atoms with Crippen molar-refractivity contribution in [2.45, 2.75) is 38.1 Å². The second kappa shape index (κ2) is 5.84. The molecule has 0 N–H and O–H groups in total. The van der Waals surface area contributed by atoms with Crippen LogP contribution in [0.4, 0.5) is 0 Å². The van der Waals surface area contributed by atoms with E-state index in [4.69, 9.17) is 5.10 Å². The highest BCUT2D eigenvalue weighted by Gasteiger charge is 2.35. The molecule has 24 heavy (non-hydrogen) atoms. The van der Waals surface area contributed by atoms with Gasteiger partial charge in [0.25, 0.3) is 0 Å². The number of benzene rings is 1. The summed E-state index contributed by atoms with van der Waals surface area (Å²) in [4.78, 5) is 12.5. The fraction of sp³-hybridized carbons (Fsp3) is 0.444. The van der Waals surface area contributed by atoms with Crippen molar-refractivity contribution in [1.29, 1.82) is 0 Å². The van der Waals surface area contributed by atoms with E-state index in [1.807, 2.05) is 35.0 Å². The van der Waals surface area contributed by atoms with Crippen LogP contribution in [0.5, 0.6) is 0 Å². The van der Waals surface area contributed by atoms with Crippen molar-refractivity contribution in [2.24, 2.45) is 0 Å². The molecule has 1 aromatic carbocycles. The number of hydrogen-bond acceptors (Lipinski definition) is 4. The summed E-state index contributed by atoms with van der Waals surface area (Å²) in [6.45, 7) is 0. The Labute approximate surface area is 141 Å². The summed E-state index contributed by atoms with van der Waals surface area (Å²) in [6.07, 6.45) is 3.39. The van der Waals surface area contributed by atoms with E-state index < -0.39 is 9.84 Å². The Morgan fingerprint density at radius 3 is 2.67 bits per heavy atom. The van der Waals surface area contributed by atoms with Crippen LogP contribution in [0.3, 0.4) is 0 Å². The van der Waals surface area contributed by atoms with Gasteiger partial charge in [-0.2, -0.15) is 5.10 Å². The van der Waals surface area contributed by atoms with Crippen LogP contribution in [0, 0.1) is 0 Å². The fourth-order valence-corrected chi connectivity index (χ4v) is 5.50. The van der Waals surface area contributed by atoms with E-state index in [2.05, 4.69) is 0 Å². The van der Waals surface area contributed by atoms with Gasteiger partial charge in [-0.15, -0.1) is 0 Å². The highest BCUT2D eigenvalue weighted by atomic mass is 32.2. The van der Waals surface area contributed by atoms with Gasteiger partial charge in [0.05, 0.1) is 28.8 Å². The molecule has 0 amide bonds. The lowest BCUT2D eigenvalue weighted by Gasteiger charge is -2.16. The molecule has 1 aliphatic heterocycles. The standard InChI is InChI=1S/C18H20N2O3S/c21-17-8-4-7-16-18(17)15(11-13-5-2-1-3-6-13)19-20(16)14-9-10-24(22,23)12-14/h1-3,5-6,14H,4,7-12H2. The summed E-state index contributed by atoms with van der Waals surface area (Å²) in [6, 6.07) is 9.84. The SMILES string of the molecule is O=C1CCCc2c1c(Cc1ccccc1)nn2C1CCS(=O)(=O)C1. The minimum absolute atomic E-state index is 0.126. The molecule has 126 valence electrons. The van der Waals surface area contributed by atoms with Crippen LogP contribution >= 0.6 is 0 Å². The van der Waals surface area contributed by atoms with Crippen molar-refractivity contribution < 1.29 is 13.2 Å². The maximum Gasteiger partial charge on any atom is 0.166 e. The zero-order valence-corrected chi connectivity index (χ0v) is 14.3. The van der Waals surface area contributed by atoms with E-state index in [1.54, 1.807) is 0 Å². The number of carbonyl (C=O) groups is 1. The molecule has 0 radical (unpaired) electrons. The molecule has 0 spiro atoms. The summed E-state index contributed by atoms with van der Waals surface area (Å²) in [7, 11) is -2.98. The number of hydrogen-bond donors (Lipinski definition) is 0.